The molecule has 1 atom stereocenters. The average Bonchev–Trinajstić information content (AvgIpc) is 2.41. The van der Waals surface area contributed by atoms with Crippen LogP contribution in [-0.2, 0) is 6.42 Å². The van der Waals surface area contributed by atoms with Gasteiger partial charge in [0.15, 0.2) is 0 Å². The largest absolute Gasteiger partial charge is 0.384 e. The topological polar surface area (TPSA) is 20.2 Å². The normalized spacial score (nSPS) is 12.4. The zero-order chi connectivity index (χ0) is 13.8. The number of rotatable bonds is 4. The van der Waals surface area contributed by atoms with Crippen LogP contribution in [0.4, 0.5) is 0 Å². The summed E-state index contributed by atoms with van der Waals surface area (Å²) in [4.78, 5) is 0. The summed E-state index contributed by atoms with van der Waals surface area (Å²) in [5.41, 5.74) is 3.19. The Bertz CT molecular complexity index is 568. The van der Waals surface area contributed by atoms with E-state index in [0.717, 1.165) is 32.0 Å². The summed E-state index contributed by atoms with van der Waals surface area (Å²) in [6.45, 7) is 2.17. The van der Waals surface area contributed by atoms with Crippen LogP contribution in [0.1, 0.15) is 36.1 Å². The molecule has 0 radical (unpaired) electrons. The van der Waals surface area contributed by atoms with Crippen molar-refractivity contribution in [3.8, 4) is 0 Å². The average molecular weight is 431 g/mol. The zero-order valence-corrected chi connectivity index (χ0v) is 14.5. The first-order valence-corrected chi connectivity index (χ1v) is 8.21. The molecule has 3 heteroatoms. The molecule has 1 unspecified atom stereocenters. The Morgan fingerprint density at radius 1 is 1.21 bits per heavy atom. The van der Waals surface area contributed by atoms with Crippen molar-refractivity contribution in [2.45, 2.75) is 25.9 Å². The lowest BCUT2D eigenvalue weighted by Gasteiger charge is -2.15. The molecule has 0 fully saturated rings. The first kappa shape index (κ1) is 15.0. The fourth-order valence-electron chi connectivity index (χ4n) is 2.11. The van der Waals surface area contributed by atoms with Gasteiger partial charge in [-0.15, -0.1) is 0 Å². The van der Waals surface area contributed by atoms with E-state index in [4.69, 9.17) is 0 Å². The highest BCUT2D eigenvalue weighted by Gasteiger charge is 2.14. The highest BCUT2D eigenvalue weighted by atomic mass is 127. The van der Waals surface area contributed by atoms with Crippen molar-refractivity contribution in [1.29, 1.82) is 0 Å². The van der Waals surface area contributed by atoms with E-state index in [1.807, 2.05) is 30.3 Å². The Morgan fingerprint density at radius 2 is 2.00 bits per heavy atom. The Balaban J connectivity index is 2.35. The molecule has 0 heterocycles. The van der Waals surface area contributed by atoms with Gasteiger partial charge in [-0.05, 0) is 63.9 Å². The summed E-state index contributed by atoms with van der Waals surface area (Å²) in [5.74, 6) is 0. The molecule has 1 nitrogen and oxygen atoms in total. The fraction of sp³-hybridized carbons (Fsp3) is 0.250. The molecule has 0 spiro atoms. The Hall–Kier alpha value is -0.390. The Morgan fingerprint density at radius 3 is 2.74 bits per heavy atom. The molecule has 2 rings (SSSR count). The fourth-order valence-corrected chi connectivity index (χ4v) is 3.12. The van der Waals surface area contributed by atoms with Crippen LogP contribution in [0.2, 0.25) is 0 Å². The summed E-state index contributed by atoms with van der Waals surface area (Å²) >= 11 is 5.73. The molecule has 2 aromatic rings. The van der Waals surface area contributed by atoms with Crippen molar-refractivity contribution in [2.24, 2.45) is 0 Å². The van der Waals surface area contributed by atoms with E-state index in [0.29, 0.717) is 0 Å². The lowest BCUT2D eigenvalue weighted by molar-refractivity contribution is 0.219. The molecule has 2 aromatic carbocycles. The summed E-state index contributed by atoms with van der Waals surface area (Å²) in [5, 5.41) is 10.6. The van der Waals surface area contributed by atoms with Gasteiger partial charge in [0.25, 0.3) is 0 Å². The van der Waals surface area contributed by atoms with Gasteiger partial charge in [0, 0.05) is 8.04 Å². The number of hydrogen-bond acceptors (Lipinski definition) is 1. The third kappa shape index (κ3) is 3.80. The summed E-state index contributed by atoms with van der Waals surface area (Å²) in [7, 11) is 0. The van der Waals surface area contributed by atoms with E-state index in [2.05, 4.69) is 57.6 Å². The quantitative estimate of drug-likeness (QED) is 0.670. The Labute approximate surface area is 136 Å². The zero-order valence-electron chi connectivity index (χ0n) is 10.7. The number of benzene rings is 2. The molecule has 0 aliphatic rings. The first-order chi connectivity index (χ1) is 9.11. The smallest absolute Gasteiger partial charge is 0.105 e. The molecule has 0 bridgehead atoms. The minimum atomic E-state index is -0.568. The van der Waals surface area contributed by atoms with E-state index in [1.54, 1.807) is 0 Å². The molecule has 0 aromatic heterocycles. The Kier molecular flexibility index (Phi) is 5.42. The summed E-state index contributed by atoms with van der Waals surface area (Å²) in [6, 6.07) is 14.2. The second-order valence-electron chi connectivity index (χ2n) is 4.56. The predicted octanol–water partition coefficient (Wildman–Crippen LogP) is 5.09. The summed E-state index contributed by atoms with van der Waals surface area (Å²) in [6.07, 6.45) is 1.60. The predicted molar refractivity (Wildman–Crippen MR) is 91.4 cm³/mol. The highest BCUT2D eigenvalue weighted by molar-refractivity contribution is 14.1. The van der Waals surface area contributed by atoms with Crippen LogP contribution in [0.5, 0.6) is 0 Å². The van der Waals surface area contributed by atoms with E-state index < -0.39 is 6.10 Å². The number of aliphatic hydroxyl groups is 1. The second kappa shape index (κ2) is 6.86. The van der Waals surface area contributed by atoms with E-state index in [-0.39, 0.29) is 0 Å². The van der Waals surface area contributed by atoms with Gasteiger partial charge in [-0.3, -0.25) is 0 Å². The molecule has 100 valence electrons. The molecule has 0 saturated carbocycles. The first-order valence-electron chi connectivity index (χ1n) is 6.33. The van der Waals surface area contributed by atoms with Crippen LogP contribution in [0.25, 0.3) is 0 Å². The van der Waals surface area contributed by atoms with Crippen LogP contribution >= 0.6 is 38.5 Å². The maximum absolute atomic E-state index is 10.6. The van der Waals surface area contributed by atoms with Gasteiger partial charge in [-0.2, -0.15) is 0 Å². The van der Waals surface area contributed by atoms with Crippen LogP contribution in [0, 0.1) is 3.57 Å². The van der Waals surface area contributed by atoms with Gasteiger partial charge in [-0.1, -0.05) is 53.5 Å². The van der Waals surface area contributed by atoms with Gasteiger partial charge < -0.3 is 5.11 Å². The molecule has 0 saturated heterocycles. The number of halogens is 2. The standard InChI is InChI=1S/C16H16BrIO/c1-2-4-11-5-3-6-12(9-11)16(19)14-10-13(17)7-8-15(14)18/h3,5-10,16,19H,2,4H2,1H3. The SMILES string of the molecule is CCCc1cccc(C(O)c2cc(Br)ccc2I)c1. The molecular weight excluding hydrogens is 415 g/mol. The van der Waals surface area contributed by atoms with Crippen molar-refractivity contribution in [3.63, 3.8) is 0 Å². The van der Waals surface area contributed by atoms with Crippen molar-refractivity contribution < 1.29 is 5.11 Å². The van der Waals surface area contributed by atoms with Crippen molar-refractivity contribution in [1.82, 2.24) is 0 Å². The van der Waals surface area contributed by atoms with E-state index in [9.17, 15) is 5.11 Å². The van der Waals surface area contributed by atoms with Gasteiger partial charge in [-0.25, -0.2) is 0 Å². The monoisotopic (exact) mass is 430 g/mol. The number of aliphatic hydroxyl groups excluding tert-OH is 1. The van der Waals surface area contributed by atoms with Crippen molar-refractivity contribution >= 4 is 38.5 Å². The minimum absolute atomic E-state index is 0.568. The molecule has 19 heavy (non-hydrogen) atoms. The van der Waals surface area contributed by atoms with E-state index >= 15 is 0 Å². The highest BCUT2D eigenvalue weighted by Crippen LogP contribution is 2.29. The maximum Gasteiger partial charge on any atom is 0.105 e. The van der Waals surface area contributed by atoms with Crippen molar-refractivity contribution in [3.05, 3.63) is 67.2 Å². The third-order valence-electron chi connectivity index (χ3n) is 3.06. The van der Waals surface area contributed by atoms with E-state index in [1.165, 1.54) is 5.56 Å². The molecular formula is C16H16BrIO. The minimum Gasteiger partial charge on any atom is -0.384 e. The molecule has 1 N–H and O–H groups in total. The van der Waals surface area contributed by atoms with Crippen LogP contribution < -0.4 is 0 Å². The second-order valence-corrected chi connectivity index (χ2v) is 6.64. The van der Waals surface area contributed by atoms with Gasteiger partial charge >= 0.3 is 0 Å². The van der Waals surface area contributed by atoms with Gasteiger partial charge in [0.05, 0.1) is 0 Å². The van der Waals surface area contributed by atoms with Crippen molar-refractivity contribution in [2.75, 3.05) is 0 Å². The van der Waals surface area contributed by atoms with Crippen LogP contribution in [0.3, 0.4) is 0 Å². The molecule has 0 aliphatic heterocycles. The third-order valence-corrected chi connectivity index (χ3v) is 4.53. The summed E-state index contributed by atoms with van der Waals surface area (Å²) < 4.78 is 2.07. The number of hydrogen-bond donors (Lipinski definition) is 1. The molecule has 0 aliphatic carbocycles. The lowest BCUT2D eigenvalue weighted by atomic mass is 9.98. The van der Waals surface area contributed by atoms with Crippen LogP contribution in [0.15, 0.2) is 46.9 Å². The lowest BCUT2D eigenvalue weighted by Crippen LogP contribution is -2.02. The van der Waals surface area contributed by atoms with Crippen LogP contribution in [-0.4, -0.2) is 5.11 Å². The number of aryl methyl sites for hydroxylation is 1. The molecule has 0 amide bonds. The van der Waals surface area contributed by atoms with Gasteiger partial charge in [0.1, 0.15) is 6.10 Å². The maximum atomic E-state index is 10.6. The van der Waals surface area contributed by atoms with Gasteiger partial charge in [0.2, 0.25) is 0 Å².